The number of hydrogen-bond acceptors (Lipinski definition) is 3. The summed E-state index contributed by atoms with van der Waals surface area (Å²) in [6.07, 6.45) is 4.48. The highest BCUT2D eigenvalue weighted by Crippen LogP contribution is 2.36. The molecule has 6 nitrogen and oxygen atoms in total. The number of aromatic nitrogens is 2. The van der Waals surface area contributed by atoms with Crippen LogP contribution in [-0.4, -0.2) is 40.1 Å². The summed E-state index contributed by atoms with van der Waals surface area (Å²) in [5, 5.41) is 7.79. The van der Waals surface area contributed by atoms with E-state index < -0.39 is 5.92 Å². The number of nitrogens with zero attached hydrogens (tertiary/aromatic N) is 3. The van der Waals surface area contributed by atoms with Gasteiger partial charge in [0.1, 0.15) is 0 Å². The number of amides is 2. The summed E-state index contributed by atoms with van der Waals surface area (Å²) in [4.78, 5) is 26.4. The molecule has 7 heteroatoms. The Balaban J connectivity index is 1.64. The lowest BCUT2D eigenvalue weighted by Gasteiger charge is -2.23. The summed E-state index contributed by atoms with van der Waals surface area (Å²) in [6, 6.07) is 7.31. The lowest BCUT2D eigenvalue weighted by Crippen LogP contribution is -2.35. The topological polar surface area (TPSA) is 67.2 Å². The van der Waals surface area contributed by atoms with Gasteiger partial charge in [0.2, 0.25) is 11.8 Å². The molecule has 1 saturated heterocycles. The normalized spacial score (nSPS) is 20.1. The molecule has 1 aliphatic heterocycles. The number of rotatable bonds is 5. The Hall–Kier alpha value is -2.34. The minimum absolute atomic E-state index is 0.0242. The predicted molar refractivity (Wildman–Crippen MR) is 95.0 cm³/mol. The minimum atomic E-state index is -0.402. The van der Waals surface area contributed by atoms with Crippen LogP contribution in [0.5, 0.6) is 0 Å². The van der Waals surface area contributed by atoms with Gasteiger partial charge < -0.3 is 10.2 Å². The maximum Gasteiger partial charge on any atom is 0.226 e. The van der Waals surface area contributed by atoms with E-state index in [-0.39, 0.29) is 24.3 Å². The van der Waals surface area contributed by atoms with Gasteiger partial charge in [-0.15, -0.1) is 0 Å². The third kappa shape index (κ3) is 3.85. The molecule has 25 heavy (non-hydrogen) atoms. The molecule has 0 bridgehead atoms. The zero-order valence-electron chi connectivity index (χ0n) is 14.3. The monoisotopic (exact) mass is 360 g/mol. The fourth-order valence-electron chi connectivity index (χ4n) is 3.31. The minimum Gasteiger partial charge on any atom is -0.355 e. The van der Waals surface area contributed by atoms with E-state index in [1.54, 1.807) is 22.8 Å². The SMILES string of the molecule is CN1C(=O)CC(C(=O)NCCc2cccc(Cl)c2)C1c1cnn(C)c1. The molecule has 2 atom stereocenters. The van der Waals surface area contributed by atoms with Crippen LogP contribution >= 0.6 is 11.6 Å². The number of carbonyl (C=O) groups is 2. The lowest BCUT2D eigenvalue weighted by atomic mass is 9.95. The van der Waals surface area contributed by atoms with Gasteiger partial charge in [-0.3, -0.25) is 14.3 Å². The van der Waals surface area contributed by atoms with Crippen molar-refractivity contribution in [2.24, 2.45) is 13.0 Å². The highest BCUT2D eigenvalue weighted by atomic mass is 35.5. The van der Waals surface area contributed by atoms with E-state index in [0.29, 0.717) is 18.0 Å². The Morgan fingerprint density at radius 1 is 1.40 bits per heavy atom. The van der Waals surface area contributed by atoms with Gasteiger partial charge in [-0.05, 0) is 24.1 Å². The van der Waals surface area contributed by atoms with Crippen molar-refractivity contribution in [3.8, 4) is 0 Å². The summed E-state index contributed by atoms with van der Waals surface area (Å²) < 4.78 is 1.68. The lowest BCUT2D eigenvalue weighted by molar-refractivity contribution is -0.128. The molecule has 1 aromatic heterocycles. The Morgan fingerprint density at radius 3 is 2.88 bits per heavy atom. The van der Waals surface area contributed by atoms with Gasteiger partial charge in [0.05, 0.1) is 18.2 Å². The van der Waals surface area contributed by atoms with Gasteiger partial charge in [0.25, 0.3) is 0 Å². The number of likely N-dealkylation sites (tertiary alicyclic amines) is 1. The number of carbonyl (C=O) groups excluding carboxylic acids is 2. The molecule has 132 valence electrons. The van der Waals surface area contributed by atoms with Gasteiger partial charge in [-0.1, -0.05) is 23.7 Å². The van der Waals surface area contributed by atoms with Crippen molar-refractivity contribution in [2.45, 2.75) is 18.9 Å². The van der Waals surface area contributed by atoms with Crippen LogP contribution < -0.4 is 5.32 Å². The first-order chi connectivity index (χ1) is 12.0. The number of nitrogens with one attached hydrogen (secondary N) is 1. The standard InChI is InChI=1S/C18H21ClN4O2/c1-22-11-13(10-21-22)17-15(9-16(24)23(17)2)18(25)20-7-6-12-4-3-5-14(19)8-12/h3-5,8,10-11,15,17H,6-7,9H2,1-2H3,(H,20,25). The average molecular weight is 361 g/mol. The van der Waals surface area contributed by atoms with Crippen LogP contribution in [0.25, 0.3) is 0 Å². The molecular weight excluding hydrogens is 340 g/mol. The summed E-state index contributed by atoms with van der Waals surface area (Å²) in [5.74, 6) is -0.529. The largest absolute Gasteiger partial charge is 0.355 e. The molecule has 2 heterocycles. The quantitative estimate of drug-likeness (QED) is 0.886. The van der Waals surface area contributed by atoms with Crippen molar-refractivity contribution in [3.63, 3.8) is 0 Å². The molecule has 1 aliphatic rings. The van der Waals surface area contributed by atoms with Crippen LogP contribution in [-0.2, 0) is 23.1 Å². The fraction of sp³-hybridized carbons (Fsp3) is 0.389. The molecule has 1 aromatic carbocycles. The Bertz CT molecular complexity index is 789. The van der Waals surface area contributed by atoms with Crippen LogP contribution in [0.2, 0.25) is 5.02 Å². The van der Waals surface area contributed by atoms with Gasteiger partial charge in [0.15, 0.2) is 0 Å². The third-order valence-electron chi connectivity index (χ3n) is 4.59. The molecule has 1 fully saturated rings. The molecule has 2 amide bonds. The van der Waals surface area contributed by atoms with Gasteiger partial charge in [-0.2, -0.15) is 5.10 Å². The number of hydrogen-bond donors (Lipinski definition) is 1. The summed E-state index contributed by atoms with van der Waals surface area (Å²) in [7, 11) is 3.56. The van der Waals surface area contributed by atoms with Gasteiger partial charge in [0, 0.05) is 43.8 Å². The fourth-order valence-corrected chi connectivity index (χ4v) is 3.52. The second-order valence-electron chi connectivity index (χ2n) is 6.38. The van der Waals surface area contributed by atoms with E-state index >= 15 is 0 Å². The molecule has 3 rings (SSSR count). The summed E-state index contributed by atoms with van der Waals surface area (Å²) in [6.45, 7) is 0.507. The molecular formula is C18H21ClN4O2. The maximum atomic E-state index is 12.6. The first-order valence-electron chi connectivity index (χ1n) is 8.22. The second kappa shape index (κ2) is 7.27. The van der Waals surface area contributed by atoms with Crippen molar-refractivity contribution in [3.05, 3.63) is 52.8 Å². The molecule has 0 saturated carbocycles. The predicted octanol–water partition coefficient (Wildman–Crippen LogP) is 1.95. The zero-order valence-corrected chi connectivity index (χ0v) is 15.0. The highest BCUT2D eigenvalue weighted by molar-refractivity contribution is 6.30. The van der Waals surface area contributed by atoms with Crippen molar-refractivity contribution in [1.82, 2.24) is 20.0 Å². The first-order valence-corrected chi connectivity index (χ1v) is 8.60. The van der Waals surface area contributed by atoms with E-state index in [4.69, 9.17) is 11.6 Å². The molecule has 0 radical (unpaired) electrons. The maximum absolute atomic E-state index is 12.6. The van der Waals surface area contributed by atoms with Crippen LogP contribution in [0.4, 0.5) is 0 Å². The molecule has 2 unspecified atom stereocenters. The van der Waals surface area contributed by atoms with Crippen molar-refractivity contribution >= 4 is 23.4 Å². The smallest absolute Gasteiger partial charge is 0.226 e. The average Bonchev–Trinajstić information content (AvgIpc) is 3.11. The highest BCUT2D eigenvalue weighted by Gasteiger charge is 2.43. The van der Waals surface area contributed by atoms with Crippen LogP contribution in [0.15, 0.2) is 36.7 Å². The molecule has 2 aromatic rings. The van der Waals surface area contributed by atoms with Gasteiger partial charge >= 0.3 is 0 Å². The van der Waals surface area contributed by atoms with E-state index in [1.165, 1.54) is 0 Å². The van der Waals surface area contributed by atoms with Crippen molar-refractivity contribution in [2.75, 3.05) is 13.6 Å². The van der Waals surface area contributed by atoms with E-state index in [9.17, 15) is 9.59 Å². The Kier molecular flexibility index (Phi) is 5.08. The van der Waals surface area contributed by atoms with E-state index in [2.05, 4.69) is 10.4 Å². The van der Waals surface area contributed by atoms with Crippen molar-refractivity contribution in [1.29, 1.82) is 0 Å². The molecule has 1 N–H and O–H groups in total. The van der Waals surface area contributed by atoms with Crippen molar-refractivity contribution < 1.29 is 9.59 Å². The van der Waals surface area contributed by atoms with Crippen LogP contribution in [0.3, 0.4) is 0 Å². The molecule has 0 spiro atoms. The van der Waals surface area contributed by atoms with Crippen LogP contribution in [0.1, 0.15) is 23.6 Å². The number of benzene rings is 1. The van der Waals surface area contributed by atoms with Crippen LogP contribution in [0, 0.1) is 5.92 Å². The number of aryl methyl sites for hydroxylation is 1. The van der Waals surface area contributed by atoms with Gasteiger partial charge in [-0.25, -0.2) is 0 Å². The third-order valence-corrected chi connectivity index (χ3v) is 4.83. The summed E-state index contributed by atoms with van der Waals surface area (Å²) in [5.41, 5.74) is 1.95. The second-order valence-corrected chi connectivity index (χ2v) is 6.81. The summed E-state index contributed by atoms with van der Waals surface area (Å²) >= 11 is 5.97. The Morgan fingerprint density at radius 2 is 2.20 bits per heavy atom. The number of halogens is 1. The van der Waals surface area contributed by atoms with E-state index in [0.717, 1.165) is 11.1 Å². The zero-order chi connectivity index (χ0) is 18.0. The first kappa shape index (κ1) is 17.5. The Labute approximate surface area is 151 Å². The molecule has 0 aliphatic carbocycles. The van der Waals surface area contributed by atoms with E-state index in [1.807, 2.05) is 37.5 Å².